The number of ether oxygens (including phenoxy) is 2. The largest absolute Gasteiger partial charge is 0.451 e. The number of halogens is 2. The Hall–Kier alpha value is -4.67. The summed E-state index contributed by atoms with van der Waals surface area (Å²) in [7, 11) is 0. The molecule has 0 saturated carbocycles. The number of nitrogens with one attached hydrogen (secondary N) is 2. The van der Waals surface area contributed by atoms with Crippen LogP contribution in [0, 0.1) is 25.5 Å². The van der Waals surface area contributed by atoms with Crippen molar-refractivity contribution >= 4 is 35.1 Å². The number of esters is 2. The normalized spacial score (nSPS) is 10.3. The molecule has 11 heteroatoms. The van der Waals surface area contributed by atoms with Gasteiger partial charge in [-0.1, -0.05) is 18.2 Å². The van der Waals surface area contributed by atoms with Crippen LogP contribution in [-0.4, -0.2) is 42.0 Å². The van der Waals surface area contributed by atoms with Gasteiger partial charge in [0.25, 0.3) is 11.8 Å². The molecule has 2 N–H and O–H groups in total. The highest BCUT2D eigenvalue weighted by atomic mass is 19.1. The highest BCUT2D eigenvalue weighted by molar-refractivity contribution is 5.97. The molecule has 0 fully saturated rings. The summed E-state index contributed by atoms with van der Waals surface area (Å²) >= 11 is 0. The van der Waals surface area contributed by atoms with Crippen LogP contribution in [0.1, 0.15) is 32.1 Å². The summed E-state index contributed by atoms with van der Waals surface area (Å²) in [5, 5.41) is 4.86. The van der Waals surface area contributed by atoms with Gasteiger partial charge in [-0.25, -0.2) is 23.4 Å². The minimum atomic E-state index is -0.991. The zero-order valence-electron chi connectivity index (χ0n) is 19.3. The topological polar surface area (TPSA) is 124 Å². The summed E-state index contributed by atoms with van der Waals surface area (Å²) in [6.45, 7) is 1.99. The molecule has 0 atom stereocenters. The molecule has 2 aromatic carbocycles. The summed E-state index contributed by atoms with van der Waals surface area (Å²) in [5.74, 6) is -4.46. The van der Waals surface area contributed by atoms with Gasteiger partial charge in [0.15, 0.2) is 13.2 Å². The number of hydrogen-bond acceptors (Lipinski definition) is 7. The van der Waals surface area contributed by atoms with Crippen LogP contribution in [0.5, 0.6) is 0 Å². The van der Waals surface area contributed by atoms with E-state index < -0.39 is 48.6 Å². The lowest BCUT2D eigenvalue weighted by molar-refractivity contribution is -0.119. The van der Waals surface area contributed by atoms with Crippen molar-refractivity contribution in [1.82, 2.24) is 4.98 Å². The molecule has 36 heavy (non-hydrogen) atoms. The van der Waals surface area contributed by atoms with Crippen molar-refractivity contribution in [2.45, 2.75) is 13.8 Å². The first kappa shape index (κ1) is 25.9. The molecule has 0 unspecified atom stereocenters. The third kappa shape index (κ3) is 7.16. The molecular formula is C25H21F2N3O6. The fraction of sp³-hybridized carbons (Fsp3) is 0.160. The Morgan fingerprint density at radius 1 is 0.722 bits per heavy atom. The van der Waals surface area contributed by atoms with Crippen molar-refractivity contribution in [3.8, 4) is 0 Å². The molecule has 3 aromatic rings. The Labute approximate surface area is 204 Å². The van der Waals surface area contributed by atoms with Crippen LogP contribution in [0.25, 0.3) is 0 Å². The molecule has 0 spiro atoms. The van der Waals surface area contributed by atoms with E-state index in [0.717, 1.165) is 12.1 Å². The van der Waals surface area contributed by atoms with Gasteiger partial charge in [-0.15, -0.1) is 0 Å². The van der Waals surface area contributed by atoms with Crippen molar-refractivity contribution in [1.29, 1.82) is 0 Å². The van der Waals surface area contributed by atoms with Gasteiger partial charge in [0.2, 0.25) is 0 Å². The van der Waals surface area contributed by atoms with Gasteiger partial charge in [0, 0.05) is 11.4 Å². The Kier molecular flexibility index (Phi) is 8.39. The summed E-state index contributed by atoms with van der Waals surface area (Å²) in [6.07, 6.45) is 0. The SMILES string of the molecule is Cc1ccc(F)cc1NC(=O)COC(=O)c1cccc(C(=O)OCC(=O)Nc2cc(F)ccc2C)n1. The van der Waals surface area contributed by atoms with E-state index >= 15 is 0 Å². The Bertz CT molecular complexity index is 1230. The van der Waals surface area contributed by atoms with Gasteiger partial charge in [0.1, 0.15) is 23.0 Å². The number of carbonyl (C=O) groups is 4. The molecule has 1 aromatic heterocycles. The number of hydrogen-bond donors (Lipinski definition) is 2. The standard InChI is InChI=1S/C25H21F2N3O6/c1-14-6-8-16(26)10-20(14)29-22(31)12-35-24(33)18-4-3-5-19(28-18)25(34)36-13-23(32)30-21-11-17(27)9-7-15(21)2/h3-11H,12-13H2,1-2H3,(H,29,31)(H,30,32). The minimum Gasteiger partial charge on any atom is -0.451 e. The second kappa shape index (κ2) is 11.6. The Morgan fingerprint density at radius 2 is 1.14 bits per heavy atom. The lowest BCUT2D eigenvalue weighted by Gasteiger charge is -2.10. The van der Waals surface area contributed by atoms with Gasteiger partial charge < -0.3 is 20.1 Å². The maximum Gasteiger partial charge on any atom is 0.357 e. The van der Waals surface area contributed by atoms with E-state index in [2.05, 4.69) is 15.6 Å². The highest BCUT2D eigenvalue weighted by Gasteiger charge is 2.17. The quantitative estimate of drug-likeness (QED) is 0.456. The lowest BCUT2D eigenvalue weighted by atomic mass is 10.2. The number of amides is 2. The smallest absolute Gasteiger partial charge is 0.357 e. The molecule has 0 bridgehead atoms. The number of carbonyl (C=O) groups excluding carboxylic acids is 4. The Balaban J connectivity index is 1.52. The van der Waals surface area contributed by atoms with Gasteiger partial charge in [-0.2, -0.15) is 0 Å². The van der Waals surface area contributed by atoms with Crippen molar-refractivity contribution in [2.24, 2.45) is 0 Å². The molecule has 0 aliphatic rings. The molecule has 0 radical (unpaired) electrons. The summed E-state index contributed by atoms with van der Waals surface area (Å²) in [4.78, 5) is 52.4. The molecule has 1 heterocycles. The third-order valence-electron chi connectivity index (χ3n) is 4.78. The average molecular weight is 497 g/mol. The fourth-order valence-corrected chi connectivity index (χ4v) is 2.90. The summed E-state index contributed by atoms with van der Waals surface area (Å²) in [6, 6.07) is 11.6. The molecule has 9 nitrogen and oxygen atoms in total. The molecule has 2 amide bonds. The van der Waals surface area contributed by atoms with Gasteiger partial charge in [-0.3, -0.25) is 9.59 Å². The predicted molar refractivity (Wildman–Crippen MR) is 124 cm³/mol. The summed E-state index contributed by atoms with van der Waals surface area (Å²) in [5.41, 5.74) is 1.14. The monoisotopic (exact) mass is 497 g/mol. The van der Waals surface area contributed by atoms with Crippen molar-refractivity contribution in [2.75, 3.05) is 23.8 Å². The van der Waals surface area contributed by atoms with Crippen molar-refractivity contribution in [3.63, 3.8) is 0 Å². The number of benzene rings is 2. The Morgan fingerprint density at radius 3 is 1.56 bits per heavy atom. The van der Waals surface area contributed by atoms with Crippen LogP contribution in [0.2, 0.25) is 0 Å². The van der Waals surface area contributed by atoms with Crippen molar-refractivity contribution in [3.05, 3.63) is 88.7 Å². The second-order valence-electron chi connectivity index (χ2n) is 7.58. The number of pyridine rings is 1. The zero-order valence-corrected chi connectivity index (χ0v) is 19.3. The van der Waals surface area contributed by atoms with E-state index in [-0.39, 0.29) is 22.8 Å². The molecule has 186 valence electrons. The van der Waals surface area contributed by atoms with Crippen LogP contribution < -0.4 is 10.6 Å². The number of aromatic nitrogens is 1. The summed E-state index contributed by atoms with van der Waals surface area (Å²) < 4.78 is 36.5. The minimum absolute atomic E-state index is 0.232. The molecule has 0 saturated heterocycles. The van der Waals surface area contributed by atoms with Gasteiger partial charge in [-0.05, 0) is 61.4 Å². The van der Waals surface area contributed by atoms with Crippen LogP contribution in [0.15, 0.2) is 54.6 Å². The number of nitrogens with zero attached hydrogens (tertiary/aromatic N) is 1. The first-order valence-electron chi connectivity index (χ1n) is 10.6. The first-order chi connectivity index (χ1) is 17.1. The van der Waals surface area contributed by atoms with E-state index in [1.165, 1.54) is 42.5 Å². The van der Waals surface area contributed by atoms with E-state index in [9.17, 15) is 28.0 Å². The lowest BCUT2D eigenvalue weighted by Crippen LogP contribution is -2.23. The maximum absolute atomic E-state index is 13.3. The molecule has 0 aliphatic heterocycles. The number of anilines is 2. The predicted octanol–water partition coefficient (Wildman–Crippen LogP) is 3.57. The van der Waals surface area contributed by atoms with Crippen molar-refractivity contribution < 1.29 is 37.4 Å². The van der Waals surface area contributed by atoms with Crippen LogP contribution in [0.4, 0.5) is 20.2 Å². The van der Waals surface area contributed by atoms with Crippen LogP contribution >= 0.6 is 0 Å². The zero-order chi connectivity index (χ0) is 26.2. The highest BCUT2D eigenvalue weighted by Crippen LogP contribution is 2.17. The third-order valence-corrected chi connectivity index (χ3v) is 4.78. The van der Waals surface area contributed by atoms with E-state index in [1.54, 1.807) is 13.8 Å². The second-order valence-corrected chi connectivity index (χ2v) is 7.58. The average Bonchev–Trinajstić information content (AvgIpc) is 2.85. The van der Waals surface area contributed by atoms with Gasteiger partial charge in [0.05, 0.1) is 0 Å². The maximum atomic E-state index is 13.3. The van der Waals surface area contributed by atoms with E-state index in [4.69, 9.17) is 9.47 Å². The first-order valence-corrected chi connectivity index (χ1v) is 10.6. The molecule has 3 rings (SSSR count). The molecular weight excluding hydrogens is 476 g/mol. The van der Waals surface area contributed by atoms with E-state index in [1.807, 2.05) is 0 Å². The van der Waals surface area contributed by atoms with Crippen LogP contribution in [-0.2, 0) is 19.1 Å². The molecule has 0 aliphatic carbocycles. The van der Waals surface area contributed by atoms with E-state index in [0.29, 0.717) is 11.1 Å². The number of rotatable bonds is 8. The van der Waals surface area contributed by atoms with Crippen LogP contribution in [0.3, 0.4) is 0 Å². The number of aryl methyl sites for hydroxylation is 2. The fourth-order valence-electron chi connectivity index (χ4n) is 2.90. The van der Waals surface area contributed by atoms with Gasteiger partial charge >= 0.3 is 11.9 Å².